The molecule has 0 spiro atoms. The minimum Gasteiger partial charge on any atom is -0.301 e. The van der Waals surface area contributed by atoms with Gasteiger partial charge in [0, 0.05) is 17.9 Å². The molecule has 1 aromatic carbocycles. The van der Waals surface area contributed by atoms with Crippen molar-refractivity contribution in [1.29, 1.82) is 0 Å². The molecule has 1 aromatic heterocycles. The Morgan fingerprint density at radius 3 is 2.61 bits per heavy atom. The first-order chi connectivity index (χ1) is 8.66. The van der Waals surface area contributed by atoms with Crippen molar-refractivity contribution in [2.45, 2.75) is 31.8 Å². The molecule has 3 rings (SSSR count). The van der Waals surface area contributed by atoms with Crippen molar-refractivity contribution in [2.75, 3.05) is 0 Å². The van der Waals surface area contributed by atoms with Gasteiger partial charge in [-0.3, -0.25) is 4.98 Å². The lowest BCUT2D eigenvalue weighted by molar-refractivity contribution is 0.333. The van der Waals surface area contributed by atoms with Crippen molar-refractivity contribution < 1.29 is 0 Å². The Morgan fingerprint density at radius 2 is 1.83 bits per heavy atom. The van der Waals surface area contributed by atoms with Crippen LogP contribution >= 0.6 is 0 Å². The zero-order chi connectivity index (χ0) is 12.6. The van der Waals surface area contributed by atoms with Crippen LogP contribution in [0.15, 0.2) is 48.8 Å². The van der Waals surface area contributed by atoms with E-state index in [1.54, 1.807) is 0 Å². The van der Waals surface area contributed by atoms with E-state index in [1.165, 1.54) is 16.7 Å². The smallest absolute Gasteiger partial charge is 0.0584 e. The molecule has 0 bridgehead atoms. The fraction of sp³-hybridized carbons (Fsp3) is 0.312. The van der Waals surface area contributed by atoms with Gasteiger partial charge in [-0.25, -0.2) is 0 Å². The van der Waals surface area contributed by atoms with Crippen molar-refractivity contribution in [3.8, 4) is 0 Å². The lowest BCUT2D eigenvalue weighted by Gasteiger charge is -2.39. The van der Waals surface area contributed by atoms with Gasteiger partial charge in [0.2, 0.25) is 0 Å². The van der Waals surface area contributed by atoms with Gasteiger partial charge in [-0.05, 0) is 49.1 Å². The Morgan fingerprint density at radius 1 is 1.11 bits per heavy atom. The average molecular weight is 238 g/mol. The molecular formula is C16H18N2. The van der Waals surface area contributed by atoms with E-state index in [2.05, 4.69) is 60.5 Å². The van der Waals surface area contributed by atoms with Crippen molar-refractivity contribution in [1.82, 2.24) is 10.3 Å². The van der Waals surface area contributed by atoms with E-state index >= 15 is 0 Å². The van der Waals surface area contributed by atoms with E-state index in [9.17, 15) is 0 Å². The van der Waals surface area contributed by atoms with Crippen molar-refractivity contribution >= 4 is 0 Å². The van der Waals surface area contributed by atoms with Crippen LogP contribution < -0.4 is 5.32 Å². The summed E-state index contributed by atoms with van der Waals surface area (Å²) in [6.07, 6.45) is 4.80. The van der Waals surface area contributed by atoms with Crippen LogP contribution in [0.1, 0.15) is 36.6 Å². The summed E-state index contributed by atoms with van der Waals surface area (Å²) in [5.74, 6) is 0. The molecule has 0 saturated carbocycles. The maximum absolute atomic E-state index is 4.10. The summed E-state index contributed by atoms with van der Waals surface area (Å²) in [5, 5.41) is 3.74. The van der Waals surface area contributed by atoms with Crippen LogP contribution in [0.4, 0.5) is 0 Å². The highest BCUT2D eigenvalue weighted by atomic mass is 15.0. The average Bonchev–Trinajstić information content (AvgIpc) is 2.38. The summed E-state index contributed by atoms with van der Waals surface area (Å²) >= 11 is 0. The summed E-state index contributed by atoms with van der Waals surface area (Å²) in [6.45, 7) is 4.52. The van der Waals surface area contributed by atoms with E-state index in [0.29, 0.717) is 0 Å². The molecule has 1 aliphatic rings. The molecule has 18 heavy (non-hydrogen) atoms. The monoisotopic (exact) mass is 238 g/mol. The maximum atomic E-state index is 4.10. The van der Waals surface area contributed by atoms with Gasteiger partial charge in [-0.1, -0.05) is 24.3 Å². The third-order valence-electron chi connectivity index (χ3n) is 3.57. The molecular weight excluding hydrogens is 220 g/mol. The van der Waals surface area contributed by atoms with E-state index in [-0.39, 0.29) is 11.6 Å². The van der Waals surface area contributed by atoms with Crippen LogP contribution in [0.5, 0.6) is 0 Å². The Hall–Kier alpha value is -1.67. The number of fused-ring (bicyclic) bond motifs is 1. The molecule has 2 nitrogen and oxygen atoms in total. The highest BCUT2D eigenvalue weighted by molar-refractivity contribution is 5.40. The second-order valence-electron chi connectivity index (χ2n) is 5.62. The third kappa shape index (κ3) is 2.04. The first-order valence-corrected chi connectivity index (χ1v) is 6.41. The summed E-state index contributed by atoms with van der Waals surface area (Å²) in [7, 11) is 0. The number of nitrogens with one attached hydrogen (secondary N) is 1. The Labute approximate surface area is 108 Å². The predicted octanol–water partition coefficient (Wildman–Crippen LogP) is 3.10. The molecule has 92 valence electrons. The van der Waals surface area contributed by atoms with Gasteiger partial charge in [0.1, 0.15) is 0 Å². The first-order valence-electron chi connectivity index (χ1n) is 6.41. The number of nitrogens with zero attached hydrogens (tertiary/aromatic N) is 1. The summed E-state index contributed by atoms with van der Waals surface area (Å²) in [4.78, 5) is 4.10. The minimum absolute atomic E-state index is 0.127. The Kier molecular flexibility index (Phi) is 2.67. The van der Waals surface area contributed by atoms with Crippen LogP contribution in [0.2, 0.25) is 0 Å². The molecule has 1 N–H and O–H groups in total. The molecule has 2 heterocycles. The Balaban J connectivity index is 2.10. The number of aromatic nitrogens is 1. The highest BCUT2D eigenvalue weighted by Gasteiger charge is 2.31. The van der Waals surface area contributed by atoms with E-state index in [0.717, 1.165) is 6.42 Å². The fourth-order valence-electron chi connectivity index (χ4n) is 2.79. The fourth-order valence-corrected chi connectivity index (χ4v) is 2.79. The van der Waals surface area contributed by atoms with Gasteiger partial charge in [-0.15, -0.1) is 0 Å². The van der Waals surface area contributed by atoms with Crippen LogP contribution in [-0.2, 0) is 6.42 Å². The maximum Gasteiger partial charge on any atom is 0.0584 e. The highest BCUT2D eigenvalue weighted by Crippen LogP contribution is 2.33. The van der Waals surface area contributed by atoms with Gasteiger partial charge in [0.05, 0.1) is 6.04 Å². The van der Waals surface area contributed by atoms with E-state index < -0.39 is 0 Å². The van der Waals surface area contributed by atoms with Gasteiger partial charge in [0.15, 0.2) is 0 Å². The van der Waals surface area contributed by atoms with Crippen LogP contribution in [-0.4, -0.2) is 10.5 Å². The van der Waals surface area contributed by atoms with Crippen molar-refractivity contribution in [2.24, 2.45) is 0 Å². The second-order valence-corrected chi connectivity index (χ2v) is 5.62. The van der Waals surface area contributed by atoms with Gasteiger partial charge >= 0.3 is 0 Å². The molecule has 1 atom stereocenters. The predicted molar refractivity (Wildman–Crippen MR) is 73.4 cm³/mol. The topological polar surface area (TPSA) is 24.9 Å². The number of hydrogen-bond donors (Lipinski definition) is 1. The van der Waals surface area contributed by atoms with Crippen molar-refractivity contribution in [3.05, 3.63) is 65.5 Å². The molecule has 0 radical (unpaired) electrons. The lowest BCUT2D eigenvalue weighted by Crippen LogP contribution is -2.47. The van der Waals surface area contributed by atoms with Crippen molar-refractivity contribution in [3.63, 3.8) is 0 Å². The summed E-state index contributed by atoms with van der Waals surface area (Å²) < 4.78 is 0. The molecule has 1 aliphatic heterocycles. The van der Waals surface area contributed by atoms with E-state index in [4.69, 9.17) is 0 Å². The first kappa shape index (κ1) is 11.4. The zero-order valence-electron chi connectivity index (χ0n) is 10.9. The number of pyridine rings is 1. The summed E-state index contributed by atoms with van der Waals surface area (Å²) in [6, 6.07) is 13.2. The third-order valence-corrected chi connectivity index (χ3v) is 3.57. The largest absolute Gasteiger partial charge is 0.301 e. The Bertz CT molecular complexity index is 546. The molecule has 0 fully saturated rings. The second kappa shape index (κ2) is 4.21. The zero-order valence-corrected chi connectivity index (χ0v) is 10.9. The van der Waals surface area contributed by atoms with E-state index in [1.807, 2.05) is 12.4 Å². The van der Waals surface area contributed by atoms with Crippen LogP contribution in [0.25, 0.3) is 0 Å². The lowest BCUT2D eigenvalue weighted by atomic mass is 9.81. The number of hydrogen-bond acceptors (Lipinski definition) is 2. The molecule has 0 saturated heterocycles. The van der Waals surface area contributed by atoms with Gasteiger partial charge < -0.3 is 5.32 Å². The quantitative estimate of drug-likeness (QED) is 0.825. The molecule has 0 amide bonds. The number of benzene rings is 1. The minimum atomic E-state index is 0.127. The molecule has 2 aromatic rings. The SMILES string of the molecule is CC1(C)Cc2ccccc2C(c2ccncc2)N1. The molecule has 1 unspecified atom stereocenters. The van der Waals surface area contributed by atoms with Gasteiger partial charge in [-0.2, -0.15) is 0 Å². The molecule has 2 heteroatoms. The summed E-state index contributed by atoms with van der Waals surface area (Å²) in [5.41, 5.74) is 4.25. The van der Waals surface area contributed by atoms with Crippen LogP contribution in [0.3, 0.4) is 0 Å². The van der Waals surface area contributed by atoms with Crippen LogP contribution in [0, 0.1) is 0 Å². The van der Waals surface area contributed by atoms with Gasteiger partial charge in [0.25, 0.3) is 0 Å². The molecule has 0 aliphatic carbocycles. The normalized spacial score (nSPS) is 21.3. The standard InChI is InChI=1S/C16H18N2/c1-16(2)11-13-5-3-4-6-14(13)15(18-16)12-7-9-17-10-8-12/h3-10,15,18H,11H2,1-2H3. The number of rotatable bonds is 1.